The molecule has 3 atom stereocenters. The highest BCUT2D eigenvalue weighted by molar-refractivity contribution is 4.97. The van der Waals surface area contributed by atoms with Crippen LogP contribution in [0.3, 0.4) is 0 Å². The molecular formula is C14H26N2O. The van der Waals surface area contributed by atoms with Gasteiger partial charge in [0.2, 0.25) is 0 Å². The third-order valence-corrected chi connectivity index (χ3v) is 4.56. The first-order valence-electron chi connectivity index (χ1n) is 7.47. The van der Waals surface area contributed by atoms with Crippen LogP contribution in [0.1, 0.15) is 39.0 Å². The van der Waals surface area contributed by atoms with E-state index in [1.807, 2.05) is 0 Å². The number of hydrogen-bond acceptors (Lipinski definition) is 3. The average molecular weight is 238 g/mol. The molecular weight excluding hydrogens is 212 g/mol. The maximum absolute atomic E-state index is 5.96. The van der Waals surface area contributed by atoms with Crippen molar-refractivity contribution in [1.29, 1.82) is 0 Å². The fourth-order valence-electron chi connectivity index (χ4n) is 3.47. The van der Waals surface area contributed by atoms with Gasteiger partial charge in [-0.15, -0.1) is 0 Å². The molecule has 0 aromatic heterocycles. The topological polar surface area (TPSA) is 24.5 Å². The van der Waals surface area contributed by atoms with E-state index in [0.29, 0.717) is 6.10 Å². The summed E-state index contributed by atoms with van der Waals surface area (Å²) in [5, 5.41) is 3.66. The van der Waals surface area contributed by atoms with E-state index in [-0.39, 0.29) is 0 Å². The Kier molecular flexibility index (Phi) is 3.69. The van der Waals surface area contributed by atoms with E-state index in [4.69, 9.17) is 4.74 Å². The number of rotatable bonds is 5. The van der Waals surface area contributed by atoms with Gasteiger partial charge in [0.1, 0.15) is 0 Å². The summed E-state index contributed by atoms with van der Waals surface area (Å²) in [5.41, 5.74) is 0. The van der Waals surface area contributed by atoms with Crippen molar-refractivity contribution in [2.24, 2.45) is 5.92 Å². The highest BCUT2D eigenvalue weighted by Gasteiger charge is 2.44. The summed E-state index contributed by atoms with van der Waals surface area (Å²) < 4.78 is 5.96. The summed E-state index contributed by atoms with van der Waals surface area (Å²) in [4.78, 5) is 2.70. The Hall–Kier alpha value is -0.120. The predicted octanol–water partition coefficient (Wildman–Crippen LogP) is 1.63. The Balaban J connectivity index is 1.51. The van der Waals surface area contributed by atoms with E-state index in [1.54, 1.807) is 0 Å². The largest absolute Gasteiger partial charge is 0.376 e. The second kappa shape index (κ2) is 5.25. The molecule has 2 aliphatic heterocycles. The molecule has 17 heavy (non-hydrogen) atoms. The zero-order chi connectivity index (χ0) is 11.7. The molecule has 0 spiro atoms. The van der Waals surface area contributed by atoms with Crippen LogP contribution in [0.4, 0.5) is 0 Å². The fraction of sp³-hybridized carbons (Fsp3) is 1.00. The van der Waals surface area contributed by atoms with Gasteiger partial charge < -0.3 is 10.1 Å². The molecule has 1 saturated carbocycles. The maximum Gasteiger partial charge on any atom is 0.0759 e. The molecule has 0 aromatic rings. The summed E-state index contributed by atoms with van der Waals surface area (Å²) in [5.74, 6) is 0.894. The Morgan fingerprint density at radius 2 is 2.12 bits per heavy atom. The van der Waals surface area contributed by atoms with Crippen molar-refractivity contribution in [2.45, 2.75) is 57.2 Å². The van der Waals surface area contributed by atoms with Crippen molar-refractivity contribution in [1.82, 2.24) is 10.2 Å². The van der Waals surface area contributed by atoms with Gasteiger partial charge in [-0.25, -0.2) is 0 Å². The fourth-order valence-corrected chi connectivity index (χ4v) is 3.47. The van der Waals surface area contributed by atoms with Crippen LogP contribution in [0.2, 0.25) is 0 Å². The zero-order valence-electron chi connectivity index (χ0n) is 11.0. The smallest absolute Gasteiger partial charge is 0.0759 e. The number of ether oxygens (including phenoxy) is 1. The molecule has 3 nitrogen and oxygen atoms in total. The zero-order valence-corrected chi connectivity index (χ0v) is 11.0. The van der Waals surface area contributed by atoms with E-state index in [1.165, 1.54) is 51.7 Å². The Morgan fingerprint density at radius 3 is 2.88 bits per heavy atom. The molecule has 0 amide bonds. The normalized spacial score (nSPS) is 39.0. The second-order valence-electron chi connectivity index (χ2n) is 5.96. The van der Waals surface area contributed by atoms with Crippen molar-refractivity contribution in [3.05, 3.63) is 0 Å². The lowest BCUT2D eigenvalue weighted by molar-refractivity contribution is 0.0525. The van der Waals surface area contributed by atoms with E-state index >= 15 is 0 Å². The van der Waals surface area contributed by atoms with Gasteiger partial charge >= 0.3 is 0 Å². The van der Waals surface area contributed by atoms with Gasteiger partial charge in [0, 0.05) is 31.8 Å². The Bertz CT molecular complexity index is 255. The highest BCUT2D eigenvalue weighted by atomic mass is 16.5. The minimum atomic E-state index is 0.569. The quantitative estimate of drug-likeness (QED) is 0.788. The molecule has 0 aromatic carbocycles. The molecule has 3 aliphatic rings. The number of hydrogen-bond donors (Lipinski definition) is 1. The van der Waals surface area contributed by atoms with E-state index in [0.717, 1.165) is 24.6 Å². The Labute approximate surface area is 105 Å². The molecule has 0 bridgehead atoms. The van der Waals surface area contributed by atoms with Crippen LogP contribution in [0, 0.1) is 5.92 Å². The van der Waals surface area contributed by atoms with Crippen molar-refractivity contribution in [3.63, 3.8) is 0 Å². The van der Waals surface area contributed by atoms with Crippen LogP contribution in [0.15, 0.2) is 0 Å². The van der Waals surface area contributed by atoms with Gasteiger partial charge in [-0.2, -0.15) is 0 Å². The van der Waals surface area contributed by atoms with E-state index in [9.17, 15) is 0 Å². The van der Waals surface area contributed by atoms with Crippen LogP contribution < -0.4 is 5.32 Å². The van der Waals surface area contributed by atoms with Gasteiger partial charge in [-0.05, 0) is 44.6 Å². The first-order chi connectivity index (χ1) is 8.38. The van der Waals surface area contributed by atoms with Crippen LogP contribution in [0.25, 0.3) is 0 Å². The lowest BCUT2D eigenvalue weighted by Crippen LogP contribution is -2.42. The van der Waals surface area contributed by atoms with Gasteiger partial charge in [0.25, 0.3) is 0 Å². The van der Waals surface area contributed by atoms with Crippen molar-refractivity contribution >= 4 is 0 Å². The third-order valence-electron chi connectivity index (χ3n) is 4.56. The van der Waals surface area contributed by atoms with Crippen LogP contribution >= 0.6 is 0 Å². The van der Waals surface area contributed by atoms with Crippen molar-refractivity contribution < 1.29 is 4.74 Å². The minimum absolute atomic E-state index is 0.569. The minimum Gasteiger partial charge on any atom is -0.376 e. The monoisotopic (exact) mass is 238 g/mol. The number of nitrogens with zero attached hydrogens (tertiary/aromatic N) is 1. The highest BCUT2D eigenvalue weighted by Crippen LogP contribution is 2.40. The summed E-state index contributed by atoms with van der Waals surface area (Å²) in [7, 11) is 0. The van der Waals surface area contributed by atoms with Crippen LogP contribution in [-0.2, 0) is 4.74 Å². The molecule has 3 heteroatoms. The lowest BCUT2D eigenvalue weighted by atomic mass is 10.1. The van der Waals surface area contributed by atoms with Crippen molar-refractivity contribution in [2.75, 3.05) is 26.2 Å². The van der Waals surface area contributed by atoms with E-state index in [2.05, 4.69) is 17.1 Å². The molecule has 3 rings (SSSR count). The lowest BCUT2D eigenvalue weighted by Gasteiger charge is -2.28. The first-order valence-corrected chi connectivity index (χ1v) is 7.47. The van der Waals surface area contributed by atoms with Gasteiger partial charge in [0.15, 0.2) is 0 Å². The number of likely N-dealkylation sites (tertiary alicyclic amines) is 1. The summed E-state index contributed by atoms with van der Waals surface area (Å²) in [6, 6.07) is 1.46. The first kappa shape index (κ1) is 11.9. The van der Waals surface area contributed by atoms with Crippen molar-refractivity contribution in [3.8, 4) is 0 Å². The maximum atomic E-state index is 5.96. The molecule has 2 heterocycles. The Morgan fingerprint density at radius 1 is 1.24 bits per heavy atom. The summed E-state index contributed by atoms with van der Waals surface area (Å²) >= 11 is 0. The SMILES string of the molecule is CCCNC1CCN(C2CCOC2C2CC2)C1. The van der Waals surface area contributed by atoms with Crippen LogP contribution in [-0.4, -0.2) is 49.3 Å². The molecule has 3 unspecified atom stereocenters. The van der Waals surface area contributed by atoms with Gasteiger partial charge in [-0.3, -0.25) is 4.90 Å². The van der Waals surface area contributed by atoms with E-state index < -0.39 is 0 Å². The molecule has 98 valence electrons. The van der Waals surface area contributed by atoms with Gasteiger partial charge in [0.05, 0.1) is 6.10 Å². The molecule has 1 aliphatic carbocycles. The average Bonchev–Trinajstić information content (AvgIpc) is 2.91. The molecule has 2 saturated heterocycles. The molecule has 0 radical (unpaired) electrons. The standard InChI is InChI=1S/C14H26N2O/c1-2-7-15-12-5-8-16(10-12)13-6-9-17-14(13)11-3-4-11/h11-15H,2-10H2,1H3. The predicted molar refractivity (Wildman–Crippen MR) is 69.1 cm³/mol. The van der Waals surface area contributed by atoms with Gasteiger partial charge in [-0.1, -0.05) is 6.92 Å². The third kappa shape index (κ3) is 2.67. The number of nitrogens with one attached hydrogen (secondary N) is 1. The summed E-state index contributed by atoms with van der Waals surface area (Å²) in [6.07, 6.45) is 7.22. The second-order valence-corrected chi connectivity index (χ2v) is 5.96. The van der Waals surface area contributed by atoms with Crippen LogP contribution in [0.5, 0.6) is 0 Å². The molecule has 1 N–H and O–H groups in total. The summed E-state index contributed by atoms with van der Waals surface area (Å²) in [6.45, 7) is 6.94. The molecule has 3 fully saturated rings.